The topological polar surface area (TPSA) is 79.7 Å². The highest BCUT2D eigenvalue weighted by Crippen LogP contribution is 2.41. The number of nitrogens with zero attached hydrogens (tertiary/aromatic N) is 5. The van der Waals surface area contributed by atoms with Crippen molar-refractivity contribution in [2.24, 2.45) is 0 Å². The van der Waals surface area contributed by atoms with Crippen molar-refractivity contribution in [3.05, 3.63) is 117 Å². The number of aromatic nitrogens is 5. The average molecular weight is 477 g/mol. The molecule has 7 heteroatoms. The first-order valence-corrected chi connectivity index (χ1v) is 12.3. The highest BCUT2D eigenvalue weighted by Gasteiger charge is 2.38. The number of fused-ring (bicyclic) bond motifs is 2. The van der Waals surface area contributed by atoms with Gasteiger partial charge in [0.2, 0.25) is 0 Å². The zero-order chi connectivity index (χ0) is 24.8. The number of nitrogens with one attached hydrogen (secondary N) is 1. The van der Waals surface area contributed by atoms with Crippen LogP contribution in [0.15, 0.2) is 77.6 Å². The summed E-state index contributed by atoms with van der Waals surface area (Å²) in [7, 11) is 0. The second-order valence-corrected chi connectivity index (χ2v) is 9.71. The van der Waals surface area contributed by atoms with E-state index in [4.69, 9.17) is 0 Å². The zero-order valence-electron chi connectivity index (χ0n) is 20.6. The molecule has 6 rings (SSSR count). The standard InChI is InChI=1S/C29H28N6O/c1-18-13-14-19(2)26-23(18)16-24(29(36)30-26)27(35-20(3)15-22-11-7-8-12-25(22)35)28-31-32-33-34(28)17-21-9-5-4-6-10-21/h4-14,16,20,27H,15,17H2,1-3H3,(H,30,36)/t20-,27+/m1/s1. The van der Waals surface area contributed by atoms with Crippen LogP contribution in [0.1, 0.15) is 46.6 Å². The number of aromatic amines is 1. The number of hydrogen-bond acceptors (Lipinski definition) is 5. The fourth-order valence-corrected chi connectivity index (χ4v) is 5.47. The predicted octanol–water partition coefficient (Wildman–Crippen LogP) is 4.72. The minimum absolute atomic E-state index is 0.118. The van der Waals surface area contributed by atoms with Crippen molar-refractivity contribution in [3.8, 4) is 0 Å². The normalized spacial score (nSPS) is 15.9. The Bertz CT molecular complexity index is 1620. The highest BCUT2D eigenvalue weighted by molar-refractivity contribution is 5.85. The summed E-state index contributed by atoms with van der Waals surface area (Å²) in [5, 5.41) is 14.0. The molecule has 0 saturated carbocycles. The molecule has 0 unspecified atom stereocenters. The van der Waals surface area contributed by atoms with Crippen LogP contribution in [-0.2, 0) is 13.0 Å². The van der Waals surface area contributed by atoms with Gasteiger partial charge in [-0.1, -0.05) is 60.7 Å². The lowest BCUT2D eigenvalue weighted by Crippen LogP contribution is -2.39. The lowest BCUT2D eigenvalue weighted by atomic mass is 9.99. The molecule has 1 aliphatic heterocycles. The molecule has 0 radical (unpaired) electrons. The van der Waals surface area contributed by atoms with E-state index >= 15 is 0 Å². The molecule has 0 aliphatic carbocycles. The molecule has 0 spiro atoms. The molecular weight excluding hydrogens is 448 g/mol. The number of tetrazole rings is 1. The molecular formula is C29H28N6O. The van der Waals surface area contributed by atoms with Crippen LogP contribution in [0.2, 0.25) is 0 Å². The van der Waals surface area contributed by atoms with Crippen LogP contribution >= 0.6 is 0 Å². The predicted molar refractivity (Wildman–Crippen MR) is 141 cm³/mol. The van der Waals surface area contributed by atoms with E-state index in [1.807, 2.05) is 48.0 Å². The van der Waals surface area contributed by atoms with Gasteiger partial charge in [-0.15, -0.1) is 5.10 Å². The van der Waals surface area contributed by atoms with Crippen molar-refractivity contribution in [2.75, 3.05) is 4.90 Å². The first-order valence-electron chi connectivity index (χ1n) is 12.3. The Kier molecular flexibility index (Phi) is 5.40. The monoisotopic (exact) mass is 476 g/mol. The summed E-state index contributed by atoms with van der Waals surface area (Å²) in [6.45, 7) is 6.82. The lowest BCUT2D eigenvalue weighted by Gasteiger charge is -2.33. The molecule has 180 valence electrons. The Balaban J connectivity index is 1.58. The Labute approximate surface area is 209 Å². The van der Waals surface area contributed by atoms with Gasteiger partial charge in [-0.2, -0.15) is 0 Å². The summed E-state index contributed by atoms with van der Waals surface area (Å²) in [4.78, 5) is 19.2. The van der Waals surface area contributed by atoms with Gasteiger partial charge in [0.1, 0.15) is 6.04 Å². The van der Waals surface area contributed by atoms with Gasteiger partial charge in [-0.3, -0.25) is 4.79 Å². The Hall–Kier alpha value is -4.26. The zero-order valence-corrected chi connectivity index (χ0v) is 20.6. The van der Waals surface area contributed by atoms with E-state index in [1.165, 1.54) is 5.56 Å². The van der Waals surface area contributed by atoms with E-state index in [2.05, 4.69) is 75.7 Å². The number of aryl methyl sites for hydroxylation is 2. The third-order valence-corrected chi connectivity index (χ3v) is 7.28. The molecule has 3 heterocycles. The molecule has 2 atom stereocenters. The van der Waals surface area contributed by atoms with E-state index in [9.17, 15) is 4.79 Å². The van der Waals surface area contributed by atoms with Gasteiger partial charge in [-0.25, -0.2) is 4.68 Å². The van der Waals surface area contributed by atoms with Gasteiger partial charge in [0.15, 0.2) is 5.82 Å². The van der Waals surface area contributed by atoms with Crippen molar-refractivity contribution >= 4 is 16.6 Å². The smallest absolute Gasteiger partial charge is 0.254 e. The molecule has 0 fully saturated rings. The number of H-pyrrole nitrogens is 1. The summed E-state index contributed by atoms with van der Waals surface area (Å²) < 4.78 is 1.82. The van der Waals surface area contributed by atoms with Crippen LogP contribution in [0.4, 0.5) is 5.69 Å². The molecule has 0 amide bonds. The Morgan fingerprint density at radius 2 is 1.75 bits per heavy atom. The quantitative estimate of drug-likeness (QED) is 0.397. The number of pyridine rings is 1. The first-order chi connectivity index (χ1) is 17.5. The van der Waals surface area contributed by atoms with E-state index in [-0.39, 0.29) is 11.6 Å². The lowest BCUT2D eigenvalue weighted by molar-refractivity contribution is 0.544. The molecule has 0 bridgehead atoms. The third-order valence-electron chi connectivity index (χ3n) is 7.28. The van der Waals surface area contributed by atoms with Crippen LogP contribution in [0.5, 0.6) is 0 Å². The number of anilines is 1. The van der Waals surface area contributed by atoms with E-state index in [0.29, 0.717) is 17.9 Å². The fraction of sp³-hybridized carbons (Fsp3) is 0.241. The molecule has 0 saturated heterocycles. The summed E-state index contributed by atoms with van der Waals surface area (Å²) in [6, 6.07) is 24.4. The maximum Gasteiger partial charge on any atom is 0.254 e. The van der Waals surface area contributed by atoms with Gasteiger partial charge in [0.25, 0.3) is 5.56 Å². The van der Waals surface area contributed by atoms with Crippen LogP contribution in [0, 0.1) is 13.8 Å². The Morgan fingerprint density at radius 1 is 1.00 bits per heavy atom. The SMILES string of the molecule is Cc1ccc(C)c2[nH]c(=O)c([C@@H](c3nnnn3Cc3ccccc3)N3c4ccccc4C[C@H]3C)cc12. The molecule has 36 heavy (non-hydrogen) atoms. The first kappa shape index (κ1) is 22.2. The number of hydrogen-bond donors (Lipinski definition) is 1. The van der Waals surface area contributed by atoms with Gasteiger partial charge >= 0.3 is 0 Å². The largest absolute Gasteiger partial charge is 0.354 e. The number of benzene rings is 3. The summed E-state index contributed by atoms with van der Waals surface area (Å²) in [5.41, 5.74) is 7.04. The minimum atomic E-state index is -0.449. The van der Waals surface area contributed by atoms with Crippen LogP contribution < -0.4 is 10.5 Å². The number of rotatable bonds is 5. The third kappa shape index (κ3) is 3.68. The molecule has 1 N–H and O–H groups in total. The van der Waals surface area contributed by atoms with Crippen LogP contribution in [-0.4, -0.2) is 31.2 Å². The maximum atomic E-state index is 13.7. The second kappa shape index (κ2) is 8.75. The van der Waals surface area contributed by atoms with Crippen molar-refractivity contribution in [1.82, 2.24) is 25.2 Å². The van der Waals surface area contributed by atoms with E-state index in [0.717, 1.165) is 39.7 Å². The van der Waals surface area contributed by atoms with Crippen LogP contribution in [0.3, 0.4) is 0 Å². The average Bonchev–Trinajstić information content (AvgIpc) is 3.47. The van der Waals surface area contributed by atoms with Crippen molar-refractivity contribution in [2.45, 2.75) is 45.8 Å². The van der Waals surface area contributed by atoms with Gasteiger partial charge in [0, 0.05) is 22.7 Å². The van der Waals surface area contributed by atoms with Gasteiger partial charge < -0.3 is 9.88 Å². The van der Waals surface area contributed by atoms with Crippen molar-refractivity contribution < 1.29 is 0 Å². The van der Waals surface area contributed by atoms with E-state index in [1.54, 1.807) is 0 Å². The minimum Gasteiger partial charge on any atom is -0.354 e. The molecule has 3 aromatic carbocycles. The summed E-state index contributed by atoms with van der Waals surface area (Å²) in [6.07, 6.45) is 0.899. The summed E-state index contributed by atoms with van der Waals surface area (Å²) >= 11 is 0. The van der Waals surface area contributed by atoms with Crippen molar-refractivity contribution in [3.63, 3.8) is 0 Å². The molecule has 5 aromatic rings. The highest BCUT2D eigenvalue weighted by atomic mass is 16.1. The van der Waals surface area contributed by atoms with Crippen molar-refractivity contribution in [1.29, 1.82) is 0 Å². The van der Waals surface area contributed by atoms with E-state index < -0.39 is 6.04 Å². The second-order valence-electron chi connectivity index (χ2n) is 9.71. The number of para-hydroxylation sites is 1. The Morgan fingerprint density at radius 3 is 2.58 bits per heavy atom. The van der Waals surface area contributed by atoms with Gasteiger partial charge in [0.05, 0.1) is 12.1 Å². The summed E-state index contributed by atoms with van der Waals surface area (Å²) in [5.74, 6) is 0.651. The molecule has 1 aliphatic rings. The molecule has 2 aromatic heterocycles. The van der Waals surface area contributed by atoms with Gasteiger partial charge in [-0.05, 0) is 72.0 Å². The molecule has 7 nitrogen and oxygen atoms in total. The maximum absolute atomic E-state index is 13.7. The fourth-order valence-electron chi connectivity index (χ4n) is 5.47. The van der Waals surface area contributed by atoms with Crippen LogP contribution in [0.25, 0.3) is 10.9 Å².